The fraction of sp³-hybridized carbons (Fsp3) is 0.412. The van der Waals surface area contributed by atoms with Crippen LogP contribution in [0.15, 0.2) is 77.7 Å². The van der Waals surface area contributed by atoms with E-state index in [1.165, 1.54) is 21.3 Å². The summed E-state index contributed by atoms with van der Waals surface area (Å²) >= 11 is 0. The summed E-state index contributed by atoms with van der Waals surface area (Å²) in [5, 5.41) is 3.18. The number of aryl methyl sites for hydroxylation is 1. The molecule has 0 spiro atoms. The molecular formula is C34H43N3O5S. The number of amides is 2. The summed E-state index contributed by atoms with van der Waals surface area (Å²) in [6.45, 7) is 5.30. The quantitative estimate of drug-likeness (QED) is 0.283. The van der Waals surface area contributed by atoms with Gasteiger partial charge in [-0.2, -0.15) is 0 Å². The van der Waals surface area contributed by atoms with Crippen LogP contribution in [-0.4, -0.2) is 50.9 Å². The van der Waals surface area contributed by atoms with Crippen molar-refractivity contribution in [2.24, 2.45) is 0 Å². The van der Waals surface area contributed by atoms with Crippen LogP contribution in [0.4, 0.5) is 5.69 Å². The molecule has 0 unspecified atom stereocenters. The third-order valence-corrected chi connectivity index (χ3v) is 10.1. The molecule has 43 heavy (non-hydrogen) atoms. The Hall–Kier alpha value is -3.85. The van der Waals surface area contributed by atoms with Crippen molar-refractivity contribution in [2.45, 2.75) is 82.8 Å². The molecule has 2 amide bonds. The van der Waals surface area contributed by atoms with Gasteiger partial charge in [0.2, 0.25) is 11.8 Å². The first kappa shape index (κ1) is 32.1. The monoisotopic (exact) mass is 605 g/mol. The minimum atomic E-state index is -4.12. The van der Waals surface area contributed by atoms with Crippen molar-refractivity contribution in [2.75, 3.05) is 18.0 Å². The van der Waals surface area contributed by atoms with Crippen LogP contribution in [0.2, 0.25) is 0 Å². The zero-order valence-electron chi connectivity index (χ0n) is 25.6. The van der Waals surface area contributed by atoms with E-state index in [9.17, 15) is 18.0 Å². The standard InChI is InChI=1S/C34H43N3O5S/c1-5-31(34(39)35-28-16-8-6-9-17-28)36(23-27-15-13-18-29(22-27)42-4)33(38)24-37(32-21-12-14-25(2)26(32)3)43(40,41)30-19-10-7-11-20-30/h7,10-15,18-22,28,31H,5-6,8-9,16-17,23-24H2,1-4H3,(H,35,39)/t31-/m1/s1. The van der Waals surface area contributed by atoms with Gasteiger partial charge in [0.1, 0.15) is 18.3 Å². The third-order valence-electron chi connectivity index (χ3n) is 8.28. The summed E-state index contributed by atoms with van der Waals surface area (Å²) in [5.74, 6) is -0.0444. The Labute approximate surface area is 256 Å². The molecule has 8 nitrogen and oxygen atoms in total. The number of nitrogens with one attached hydrogen (secondary N) is 1. The molecule has 1 fully saturated rings. The van der Waals surface area contributed by atoms with Crippen LogP contribution in [0.3, 0.4) is 0 Å². The Morgan fingerprint density at radius 1 is 0.953 bits per heavy atom. The number of methoxy groups -OCH3 is 1. The van der Waals surface area contributed by atoms with E-state index in [0.717, 1.165) is 48.8 Å². The summed E-state index contributed by atoms with van der Waals surface area (Å²) in [4.78, 5) is 29.7. The second-order valence-corrected chi connectivity index (χ2v) is 13.0. The number of anilines is 1. The van der Waals surface area contributed by atoms with Gasteiger partial charge in [0.25, 0.3) is 10.0 Å². The van der Waals surface area contributed by atoms with Crippen LogP contribution in [0.1, 0.15) is 62.1 Å². The van der Waals surface area contributed by atoms with Gasteiger partial charge in [-0.1, -0.05) is 68.7 Å². The van der Waals surface area contributed by atoms with Gasteiger partial charge in [0.15, 0.2) is 0 Å². The average Bonchev–Trinajstić information content (AvgIpc) is 3.02. The smallest absolute Gasteiger partial charge is 0.264 e. The van der Waals surface area contributed by atoms with Crippen LogP contribution < -0.4 is 14.4 Å². The summed E-state index contributed by atoms with van der Waals surface area (Å²) in [6, 6.07) is 20.2. The van der Waals surface area contributed by atoms with Crippen molar-refractivity contribution in [3.05, 3.63) is 89.5 Å². The van der Waals surface area contributed by atoms with Crippen molar-refractivity contribution in [3.63, 3.8) is 0 Å². The lowest BCUT2D eigenvalue weighted by Crippen LogP contribution is -2.54. The molecular weight excluding hydrogens is 562 g/mol. The molecule has 0 aromatic heterocycles. The highest BCUT2D eigenvalue weighted by Crippen LogP contribution is 2.29. The summed E-state index contributed by atoms with van der Waals surface area (Å²) in [6.07, 6.45) is 5.51. The average molecular weight is 606 g/mol. The summed E-state index contributed by atoms with van der Waals surface area (Å²) in [5.41, 5.74) is 2.88. The second kappa shape index (κ2) is 14.6. The zero-order valence-corrected chi connectivity index (χ0v) is 26.4. The molecule has 0 aliphatic heterocycles. The third kappa shape index (κ3) is 7.76. The topological polar surface area (TPSA) is 96.0 Å². The molecule has 1 atom stereocenters. The number of hydrogen-bond acceptors (Lipinski definition) is 5. The molecule has 0 bridgehead atoms. The van der Waals surface area contributed by atoms with Crippen molar-refractivity contribution in [3.8, 4) is 5.75 Å². The molecule has 1 aliphatic rings. The van der Waals surface area contributed by atoms with Crippen LogP contribution in [0.5, 0.6) is 5.75 Å². The largest absolute Gasteiger partial charge is 0.497 e. The van der Waals surface area contributed by atoms with E-state index < -0.39 is 28.5 Å². The number of hydrogen-bond donors (Lipinski definition) is 1. The number of carbonyl (C=O) groups excluding carboxylic acids is 2. The molecule has 1 N–H and O–H groups in total. The minimum absolute atomic E-state index is 0.0778. The predicted octanol–water partition coefficient (Wildman–Crippen LogP) is 5.76. The molecule has 0 radical (unpaired) electrons. The van der Waals surface area contributed by atoms with E-state index >= 15 is 0 Å². The van der Waals surface area contributed by atoms with E-state index in [-0.39, 0.29) is 23.4 Å². The van der Waals surface area contributed by atoms with Gasteiger partial charge in [-0.25, -0.2) is 8.42 Å². The lowest BCUT2D eigenvalue weighted by molar-refractivity contribution is -0.140. The number of benzene rings is 3. The number of carbonyl (C=O) groups is 2. The van der Waals surface area contributed by atoms with Gasteiger partial charge >= 0.3 is 0 Å². The Kier molecular flexibility index (Phi) is 10.9. The van der Waals surface area contributed by atoms with E-state index in [1.807, 2.05) is 51.1 Å². The fourth-order valence-corrected chi connectivity index (χ4v) is 7.16. The van der Waals surface area contributed by atoms with Crippen molar-refractivity contribution < 1.29 is 22.7 Å². The van der Waals surface area contributed by atoms with Crippen molar-refractivity contribution >= 4 is 27.5 Å². The molecule has 9 heteroatoms. The van der Waals surface area contributed by atoms with E-state index in [0.29, 0.717) is 17.9 Å². The molecule has 1 aliphatic carbocycles. The maximum Gasteiger partial charge on any atom is 0.264 e. The first-order chi connectivity index (χ1) is 20.6. The molecule has 0 saturated heterocycles. The molecule has 3 aromatic carbocycles. The van der Waals surface area contributed by atoms with Crippen LogP contribution >= 0.6 is 0 Å². The lowest BCUT2D eigenvalue weighted by atomic mass is 9.95. The number of nitrogens with zero attached hydrogens (tertiary/aromatic N) is 2. The number of ether oxygens (including phenoxy) is 1. The van der Waals surface area contributed by atoms with Crippen molar-refractivity contribution in [1.82, 2.24) is 10.2 Å². The molecule has 4 rings (SSSR count). The van der Waals surface area contributed by atoms with Gasteiger partial charge in [-0.05, 0) is 80.1 Å². The SMILES string of the molecule is CC[C@H](C(=O)NC1CCCCC1)N(Cc1cccc(OC)c1)C(=O)CN(c1cccc(C)c1C)S(=O)(=O)c1ccccc1. The Balaban J connectivity index is 1.74. The number of rotatable bonds is 12. The molecule has 1 saturated carbocycles. The second-order valence-electron chi connectivity index (χ2n) is 11.2. The molecule has 3 aromatic rings. The lowest BCUT2D eigenvalue weighted by Gasteiger charge is -2.35. The van der Waals surface area contributed by atoms with Gasteiger partial charge in [0.05, 0.1) is 17.7 Å². The fourth-order valence-electron chi connectivity index (χ4n) is 5.67. The molecule has 230 valence electrons. The highest BCUT2D eigenvalue weighted by Gasteiger charge is 2.35. The zero-order chi connectivity index (χ0) is 31.0. The maximum atomic E-state index is 14.4. The first-order valence-corrected chi connectivity index (χ1v) is 16.5. The first-order valence-electron chi connectivity index (χ1n) is 15.0. The molecule has 0 heterocycles. The van der Waals surface area contributed by atoms with Crippen LogP contribution in [-0.2, 0) is 26.2 Å². The van der Waals surface area contributed by atoms with Gasteiger partial charge in [0, 0.05) is 12.6 Å². The van der Waals surface area contributed by atoms with E-state index in [1.54, 1.807) is 37.4 Å². The normalized spacial score (nSPS) is 14.5. The Bertz CT molecular complexity index is 1500. The van der Waals surface area contributed by atoms with Crippen molar-refractivity contribution in [1.29, 1.82) is 0 Å². The van der Waals surface area contributed by atoms with Crippen LogP contribution in [0, 0.1) is 13.8 Å². The van der Waals surface area contributed by atoms with E-state index in [2.05, 4.69) is 5.32 Å². The Morgan fingerprint density at radius 3 is 2.33 bits per heavy atom. The predicted molar refractivity (Wildman–Crippen MR) is 170 cm³/mol. The highest BCUT2D eigenvalue weighted by molar-refractivity contribution is 7.92. The van der Waals surface area contributed by atoms with E-state index in [4.69, 9.17) is 4.74 Å². The minimum Gasteiger partial charge on any atom is -0.497 e. The highest BCUT2D eigenvalue weighted by atomic mass is 32.2. The van der Waals surface area contributed by atoms with Crippen LogP contribution in [0.25, 0.3) is 0 Å². The van der Waals surface area contributed by atoms with Gasteiger partial charge < -0.3 is 15.0 Å². The summed E-state index contributed by atoms with van der Waals surface area (Å²) in [7, 11) is -2.54. The van der Waals surface area contributed by atoms with Gasteiger partial charge in [-0.15, -0.1) is 0 Å². The van der Waals surface area contributed by atoms with Gasteiger partial charge in [-0.3, -0.25) is 13.9 Å². The maximum absolute atomic E-state index is 14.4. The number of sulfonamides is 1. The summed E-state index contributed by atoms with van der Waals surface area (Å²) < 4.78 is 34.8. The Morgan fingerprint density at radius 2 is 1.65 bits per heavy atom.